The fourth-order valence-corrected chi connectivity index (χ4v) is 14.4. The number of aryl methyl sites for hydroxylation is 3. The lowest BCUT2D eigenvalue weighted by molar-refractivity contribution is -0.119. The molecule has 0 radical (unpaired) electrons. The van der Waals surface area contributed by atoms with Gasteiger partial charge in [0, 0.05) is 171 Å². The van der Waals surface area contributed by atoms with Gasteiger partial charge in [0.2, 0.25) is 5.91 Å². The van der Waals surface area contributed by atoms with Gasteiger partial charge in [-0.05, 0) is 201 Å². The van der Waals surface area contributed by atoms with Crippen molar-refractivity contribution in [1.29, 1.82) is 0 Å². The standard InChI is InChI=1S/C29H29N5O2.C23H18N6O2.C21H19N5O2.C20H22N4O2/c1-20(34-15-13-33(2)14-16-34)21-7-9-22(10-8-21)23-17-26-24(5-3-11-31-26)28(18-23)36-19-27-25(29(30)35)6-4-12-32-27;1-29-13-28-19-9-15(11-27-23(19)29)14-8-18-16(4-2-6-25-18)21(10-14)31-12-20-17(22(24)30)5-3-7-26-20;1-2-26-12-15(11-25-26)14-9-18-16(5-3-7-23-18)20(10-14)28-13-19-17(21(22)27)6-4-8-24-19;1-3-24-12-16(11-23-24)14-7-18-17(5-4-6-21-18)19(8-14)26-13(2)15-9-20(25)22-10-15/h3-12,17-18H,1,13-16,19H2,2H3,(H2,30,35);2-11,13H,12H2,1H3,(H2,24,30);3-12H,2,13H2,1H3,(H2,22,27);4-8,11-13,15H,3,9-10H2,1-2H3,(H,22,25)/t;;;13-,15-/m...1/s1. The lowest BCUT2D eigenvalue weighted by Crippen LogP contribution is -2.43. The Kier molecular flexibility index (Phi) is 24.7. The van der Waals surface area contributed by atoms with E-state index in [9.17, 15) is 19.2 Å². The second-order valence-corrected chi connectivity index (χ2v) is 29.1. The monoisotopic (exact) mass is 1610 g/mol. The van der Waals surface area contributed by atoms with E-state index in [1.54, 1.807) is 86.1 Å². The Bertz CT molecular complexity index is 6500. The largest absolute Gasteiger partial charge is 0.490 e. The van der Waals surface area contributed by atoms with Crippen molar-refractivity contribution >= 4 is 84.1 Å². The van der Waals surface area contributed by atoms with Gasteiger partial charge in [-0.2, -0.15) is 10.2 Å². The average Bonchev–Trinajstić information content (AvgIpc) is 1.76. The van der Waals surface area contributed by atoms with Crippen LogP contribution in [0.3, 0.4) is 0 Å². The second kappa shape index (κ2) is 37.0. The molecule has 0 saturated carbocycles. The molecule has 121 heavy (non-hydrogen) atoms. The van der Waals surface area contributed by atoms with Crippen LogP contribution in [0.5, 0.6) is 23.0 Å². The maximum atomic E-state index is 11.8. The molecule has 0 bridgehead atoms. The van der Waals surface area contributed by atoms with Crippen molar-refractivity contribution in [2.24, 2.45) is 30.2 Å². The fraction of sp³-hybridized carbons (Fsp3) is 0.194. The Morgan fingerprint density at radius 2 is 0.860 bits per heavy atom. The van der Waals surface area contributed by atoms with Gasteiger partial charge in [0.1, 0.15) is 54.4 Å². The molecule has 2 atom stereocenters. The summed E-state index contributed by atoms with van der Waals surface area (Å²) in [7, 11) is 4.06. The Morgan fingerprint density at radius 3 is 1.27 bits per heavy atom. The zero-order chi connectivity index (χ0) is 84.0. The number of benzene rings is 5. The summed E-state index contributed by atoms with van der Waals surface area (Å²) in [4.78, 5) is 91.0. The number of rotatable bonds is 23. The highest BCUT2D eigenvalue weighted by molar-refractivity contribution is 5.97. The van der Waals surface area contributed by atoms with Crippen molar-refractivity contribution in [3.8, 4) is 67.5 Å². The van der Waals surface area contributed by atoms with E-state index in [-0.39, 0.29) is 37.7 Å². The number of hydrogen-bond acceptors (Lipinski definition) is 21. The van der Waals surface area contributed by atoms with E-state index < -0.39 is 17.7 Å². The molecule has 18 rings (SSSR count). The smallest absolute Gasteiger partial charge is 0.250 e. The molecule has 5 aromatic carbocycles. The predicted molar refractivity (Wildman–Crippen MR) is 464 cm³/mol. The van der Waals surface area contributed by atoms with E-state index in [0.29, 0.717) is 64.0 Å². The Morgan fingerprint density at radius 1 is 0.463 bits per heavy atom. The molecule has 16 aromatic rings. The lowest BCUT2D eigenvalue weighted by Gasteiger charge is -2.35. The summed E-state index contributed by atoms with van der Waals surface area (Å²) in [5, 5.41) is 15.2. The fourth-order valence-electron chi connectivity index (χ4n) is 14.4. The zero-order valence-electron chi connectivity index (χ0n) is 67.4. The van der Waals surface area contributed by atoms with Gasteiger partial charge < -0.3 is 55.8 Å². The van der Waals surface area contributed by atoms with E-state index >= 15 is 0 Å². The van der Waals surface area contributed by atoms with Crippen LogP contribution in [-0.2, 0) is 44.8 Å². The van der Waals surface area contributed by atoms with Crippen LogP contribution < -0.4 is 41.5 Å². The summed E-state index contributed by atoms with van der Waals surface area (Å²) in [6, 6.07) is 51.8. The summed E-state index contributed by atoms with van der Waals surface area (Å²) < 4.78 is 30.3. The molecule has 608 valence electrons. The number of piperazine rings is 1. The molecule has 0 aliphatic carbocycles. The molecule has 28 nitrogen and oxygen atoms in total. The van der Waals surface area contributed by atoms with Crippen molar-refractivity contribution in [1.82, 2.24) is 84.1 Å². The van der Waals surface area contributed by atoms with Gasteiger partial charge in [-0.25, -0.2) is 9.97 Å². The number of aromatic nitrogens is 14. The SMILES string of the molecule is C=C(c1ccc(-c2cc(OCc3ncccc3C(N)=O)c3cccnc3c2)cc1)N1CCN(C)CC1.CCn1cc(-c2cc(OCc3ncccc3C(N)=O)c3cccnc3c2)cn1.CCn1cc(-c2cc(O[C@H](C)[C@H]3CNC(=O)C3)c3cccnc3c2)cn1.Cn1cnc2cc(-c3cc(OCc4ncccc4C(N)=O)c4cccnc4c3)cnc21. The lowest BCUT2D eigenvalue weighted by atomic mass is 10.0. The quantitative estimate of drug-likeness (QED) is 0.0462. The number of nitrogens with two attached hydrogens (primary N) is 3. The number of nitrogens with one attached hydrogen (secondary N) is 1. The van der Waals surface area contributed by atoms with E-state index in [4.69, 9.17) is 36.1 Å². The van der Waals surface area contributed by atoms with Crippen molar-refractivity contribution in [3.63, 3.8) is 0 Å². The highest BCUT2D eigenvalue weighted by atomic mass is 16.5. The maximum absolute atomic E-state index is 11.8. The van der Waals surface area contributed by atoms with Gasteiger partial charge in [0.25, 0.3) is 17.7 Å². The summed E-state index contributed by atoms with van der Waals surface area (Å²) in [6.07, 6.45) is 23.6. The number of primary amides is 3. The minimum atomic E-state index is -0.540. The molecule has 2 aliphatic rings. The number of nitrogens with zero attached hydrogens (tertiary/aromatic N) is 16. The number of amides is 4. The highest BCUT2D eigenvalue weighted by Gasteiger charge is 2.29. The first-order chi connectivity index (χ1) is 58.9. The second-order valence-electron chi connectivity index (χ2n) is 29.1. The molecule has 2 fully saturated rings. The first-order valence-electron chi connectivity index (χ1n) is 39.5. The molecule has 0 unspecified atom stereocenters. The van der Waals surface area contributed by atoms with Gasteiger partial charge in [-0.15, -0.1) is 0 Å². The van der Waals surface area contributed by atoms with E-state index in [0.717, 1.165) is 156 Å². The maximum Gasteiger partial charge on any atom is 0.250 e. The van der Waals surface area contributed by atoms with Gasteiger partial charge >= 0.3 is 0 Å². The van der Waals surface area contributed by atoms with Crippen LogP contribution in [0.4, 0.5) is 0 Å². The van der Waals surface area contributed by atoms with E-state index in [1.165, 1.54) is 0 Å². The third kappa shape index (κ3) is 18.9. The molecule has 2 aliphatic heterocycles. The molecule has 11 aromatic heterocycles. The van der Waals surface area contributed by atoms with Gasteiger partial charge in [-0.1, -0.05) is 30.8 Å². The summed E-state index contributed by atoms with van der Waals surface area (Å²) in [6.45, 7) is 17.2. The molecule has 7 N–H and O–H groups in total. The number of fused-ring (bicyclic) bond motifs is 5. The Labute approximate surface area is 696 Å². The number of imidazole rings is 1. The van der Waals surface area contributed by atoms with Gasteiger partial charge in [0.05, 0.1) is 74.6 Å². The molecular formula is C93H88N20O8. The molecule has 0 spiro atoms. The Hall–Kier alpha value is -15.2. The van der Waals surface area contributed by atoms with Crippen LogP contribution >= 0.6 is 0 Å². The predicted octanol–water partition coefficient (Wildman–Crippen LogP) is 13.7. The third-order valence-electron chi connectivity index (χ3n) is 21.2. The number of hydrogen-bond donors (Lipinski definition) is 4. The van der Waals surface area contributed by atoms with Crippen LogP contribution in [0, 0.1) is 5.92 Å². The molecule has 4 amide bonds. The normalized spacial score (nSPS) is 13.4. The average molecular weight is 1610 g/mol. The van der Waals surface area contributed by atoms with Crippen LogP contribution in [0.25, 0.3) is 105 Å². The van der Waals surface area contributed by atoms with Crippen molar-refractivity contribution in [2.45, 2.75) is 66.2 Å². The first-order valence-corrected chi connectivity index (χ1v) is 39.5. The van der Waals surface area contributed by atoms with Crippen LogP contribution in [0.15, 0.2) is 251 Å². The minimum absolute atomic E-state index is 0.0639. The Balaban J connectivity index is 0.000000126. The topological polar surface area (TPSA) is 358 Å². The van der Waals surface area contributed by atoms with Crippen LogP contribution in [0.1, 0.15) is 80.9 Å². The third-order valence-corrected chi connectivity index (χ3v) is 21.2. The minimum Gasteiger partial charge on any atom is -0.490 e. The van der Waals surface area contributed by atoms with Crippen molar-refractivity contribution in [3.05, 3.63) is 290 Å². The van der Waals surface area contributed by atoms with Crippen molar-refractivity contribution in [2.75, 3.05) is 39.8 Å². The molecule has 13 heterocycles. The summed E-state index contributed by atoms with van der Waals surface area (Å²) in [5.74, 6) is 1.43. The number of carbonyl (C=O) groups is 4. The summed E-state index contributed by atoms with van der Waals surface area (Å²) >= 11 is 0. The summed E-state index contributed by atoms with van der Waals surface area (Å²) in [5.41, 5.74) is 33.9. The number of carbonyl (C=O) groups excluding carboxylic acids is 4. The van der Waals surface area contributed by atoms with Gasteiger partial charge in [0.15, 0.2) is 5.65 Å². The number of ether oxygens (including phenoxy) is 4. The van der Waals surface area contributed by atoms with E-state index in [1.807, 2.05) is 157 Å². The van der Waals surface area contributed by atoms with E-state index in [2.05, 4.69) is 127 Å². The van der Waals surface area contributed by atoms with Gasteiger partial charge in [-0.3, -0.25) is 63.4 Å². The highest BCUT2D eigenvalue weighted by Crippen LogP contribution is 2.38. The molecule has 2 saturated heterocycles. The number of pyridine rings is 8. The first kappa shape index (κ1) is 81.0. The zero-order valence-corrected chi connectivity index (χ0v) is 67.4. The molecular weight excluding hydrogens is 1530 g/mol. The van der Waals surface area contributed by atoms with Crippen molar-refractivity contribution < 1.29 is 38.1 Å². The molecule has 28 heteroatoms. The van der Waals surface area contributed by atoms with Crippen LogP contribution in [0.2, 0.25) is 0 Å². The number of likely N-dealkylation sites (N-methyl/N-ethyl adjacent to an activating group) is 1. The van der Waals surface area contributed by atoms with Crippen LogP contribution in [-0.4, -0.2) is 148 Å².